The largest absolute Gasteiger partial charge is 0.444 e. The third-order valence-electron chi connectivity index (χ3n) is 8.56. The number of carbonyl (C=O) groups is 3. The molecule has 3 aliphatic rings. The van der Waals surface area contributed by atoms with Gasteiger partial charge in [-0.05, 0) is 71.1 Å². The number of aromatic nitrogens is 2. The lowest BCUT2D eigenvalue weighted by atomic mass is 9.88. The van der Waals surface area contributed by atoms with Crippen molar-refractivity contribution in [2.24, 2.45) is 13.0 Å². The van der Waals surface area contributed by atoms with E-state index >= 15 is 0 Å². The average molecular weight is 539 g/mol. The second kappa shape index (κ2) is 10.8. The molecular weight excluding hydrogens is 496 g/mol. The van der Waals surface area contributed by atoms with Crippen LogP contribution in [0.1, 0.15) is 65.0 Å². The van der Waals surface area contributed by atoms with Gasteiger partial charge in [0.15, 0.2) is 0 Å². The van der Waals surface area contributed by atoms with E-state index in [4.69, 9.17) is 4.74 Å². The number of hydrogen-bond acceptors (Lipinski definition) is 7. The number of nitrogens with one attached hydrogen (secondary N) is 1. The van der Waals surface area contributed by atoms with E-state index in [1.807, 2.05) is 37.4 Å². The first-order valence-corrected chi connectivity index (χ1v) is 14.3. The van der Waals surface area contributed by atoms with Crippen LogP contribution in [0.15, 0.2) is 18.2 Å². The number of ether oxygens (including phenoxy) is 1. The number of aryl methyl sites for hydroxylation is 1. The fraction of sp³-hybridized carbons (Fsp3) is 0.655. The molecule has 10 heteroatoms. The van der Waals surface area contributed by atoms with Crippen molar-refractivity contribution in [3.8, 4) is 0 Å². The maximum atomic E-state index is 12.5. The highest BCUT2D eigenvalue weighted by Crippen LogP contribution is 2.34. The number of fused-ring (bicyclic) bond motifs is 1. The van der Waals surface area contributed by atoms with Gasteiger partial charge in [0.25, 0.3) is 0 Å². The number of rotatable bonds is 4. The Kier molecular flexibility index (Phi) is 7.59. The number of amides is 3. The molecule has 0 bridgehead atoms. The topological polar surface area (TPSA) is 100 Å². The Balaban J connectivity index is 1.17. The first-order chi connectivity index (χ1) is 18.5. The van der Waals surface area contributed by atoms with Gasteiger partial charge in [-0.1, -0.05) is 0 Å². The lowest BCUT2D eigenvalue weighted by Gasteiger charge is -2.43. The van der Waals surface area contributed by atoms with Crippen molar-refractivity contribution in [1.82, 2.24) is 24.9 Å². The first kappa shape index (κ1) is 27.4. The standard InChI is InChI=1S/C29H42N6O4/c1-19(33-14-16-35(17-15-33)28(38)39-29(2,3)4)20-10-12-34(13-11-20)21-6-7-22-24(18-21)32(5)31-26(22)23-8-9-25(36)30-27(23)37/h6-7,18-20,23H,8-17H2,1-5H3,(H,30,36,37). The van der Waals surface area contributed by atoms with Crippen LogP contribution in [-0.4, -0.2) is 88.4 Å². The third kappa shape index (κ3) is 5.90. The van der Waals surface area contributed by atoms with E-state index in [0.29, 0.717) is 37.9 Å². The Bertz CT molecular complexity index is 1230. The van der Waals surface area contributed by atoms with E-state index in [1.165, 1.54) is 5.69 Å². The van der Waals surface area contributed by atoms with Crippen molar-refractivity contribution < 1.29 is 19.1 Å². The molecule has 0 spiro atoms. The van der Waals surface area contributed by atoms with Gasteiger partial charge in [0.05, 0.1) is 17.1 Å². The Morgan fingerprint density at radius 2 is 1.74 bits per heavy atom. The molecular formula is C29H42N6O4. The van der Waals surface area contributed by atoms with Crippen LogP contribution in [0.5, 0.6) is 0 Å². The molecule has 5 rings (SSSR count). The summed E-state index contributed by atoms with van der Waals surface area (Å²) in [5, 5.41) is 8.12. The van der Waals surface area contributed by atoms with Gasteiger partial charge in [0.1, 0.15) is 5.60 Å². The summed E-state index contributed by atoms with van der Waals surface area (Å²) in [5.41, 5.74) is 2.47. The van der Waals surface area contributed by atoms with Gasteiger partial charge < -0.3 is 14.5 Å². The maximum Gasteiger partial charge on any atom is 0.410 e. The molecule has 3 fully saturated rings. The van der Waals surface area contributed by atoms with E-state index in [0.717, 1.165) is 55.6 Å². The van der Waals surface area contributed by atoms with Crippen molar-refractivity contribution in [2.75, 3.05) is 44.2 Å². The van der Waals surface area contributed by atoms with E-state index in [-0.39, 0.29) is 23.8 Å². The highest BCUT2D eigenvalue weighted by molar-refractivity contribution is 6.02. The summed E-state index contributed by atoms with van der Waals surface area (Å²) in [6.07, 6.45) is 2.88. The smallest absolute Gasteiger partial charge is 0.410 e. The van der Waals surface area contributed by atoms with Crippen molar-refractivity contribution in [3.63, 3.8) is 0 Å². The highest BCUT2D eigenvalue weighted by atomic mass is 16.6. The predicted octanol–water partition coefficient (Wildman–Crippen LogP) is 3.25. The monoisotopic (exact) mass is 538 g/mol. The number of anilines is 1. The van der Waals surface area contributed by atoms with Gasteiger partial charge in [-0.25, -0.2) is 4.79 Å². The first-order valence-electron chi connectivity index (χ1n) is 14.3. The van der Waals surface area contributed by atoms with Crippen molar-refractivity contribution in [1.29, 1.82) is 0 Å². The molecule has 4 heterocycles. The van der Waals surface area contributed by atoms with Gasteiger partial charge >= 0.3 is 6.09 Å². The second-order valence-electron chi connectivity index (χ2n) is 12.3. The van der Waals surface area contributed by atoms with Crippen LogP contribution in [0.3, 0.4) is 0 Å². The fourth-order valence-corrected chi connectivity index (χ4v) is 6.26. The number of nitrogens with zero attached hydrogens (tertiary/aromatic N) is 5. The van der Waals surface area contributed by atoms with Crippen molar-refractivity contribution in [2.45, 2.75) is 70.9 Å². The minimum absolute atomic E-state index is 0.209. The molecule has 2 unspecified atom stereocenters. The number of piperazine rings is 1. The molecule has 212 valence electrons. The molecule has 10 nitrogen and oxygen atoms in total. The molecule has 1 aromatic heterocycles. The quantitative estimate of drug-likeness (QED) is 0.597. The summed E-state index contributed by atoms with van der Waals surface area (Å²) in [5.74, 6) is -0.230. The number of carbonyl (C=O) groups excluding carboxylic acids is 3. The molecule has 0 saturated carbocycles. The van der Waals surface area contributed by atoms with Gasteiger partial charge in [-0.3, -0.25) is 24.5 Å². The van der Waals surface area contributed by atoms with E-state index in [9.17, 15) is 14.4 Å². The molecule has 3 aliphatic heterocycles. The molecule has 3 amide bonds. The number of imide groups is 1. The normalized spacial score (nSPS) is 22.7. The van der Waals surface area contributed by atoms with Gasteiger partial charge in [0, 0.05) is 69.9 Å². The molecule has 1 aromatic carbocycles. The SMILES string of the molecule is CC(C1CCN(c2ccc3c(C4CCC(=O)NC4=O)nn(C)c3c2)CC1)N1CCN(C(=O)OC(C)(C)C)CC1. The summed E-state index contributed by atoms with van der Waals surface area (Å²) in [7, 11) is 1.91. The summed E-state index contributed by atoms with van der Waals surface area (Å²) < 4.78 is 7.40. The van der Waals surface area contributed by atoms with Crippen LogP contribution >= 0.6 is 0 Å². The van der Waals surface area contributed by atoms with Gasteiger partial charge in [-0.15, -0.1) is 0 Å². The van der Waals surface area contributed by atoms with Crippen LogP contribution < -0.4 is 10.2 Å². The van der Waals surface area contributed by atoms with Crippen LogP contribution in [-0.2, 0) is 21.4 Å². The van der Waals surface area contributed by atoms with Crippen LogP contribution in [0, 0.1) is 5.92 Å². The van der Waals surface area contributed by atoms with E-state index < -0.39 is 5.60 Å². The zero-order chi connectivity index (χ0) is 27.9. The molecule has 39 heavy (non-hydrogen) atoms. The maximum absolute atomic E-state index is 12.5. The Labute approximate surface area is 230 Å². The lowest BCUT2D eigenvalue weighted by Crippen LogP contribution is -2.54. The summed E-state index contributed by atoms with van der Waals surface area (Å²) in [4.78, 5) is 43.3. The lowest BCUT2D eigenvalue weighted by molar-refractivity contribution is -0.134. The van der Waals surface area contributed by atoms with Crippen LogP contribution in [0.4, 0.5) is 10.5 Å². The molecule has 2 atom stereocenters. The third-order valence-corrected chi connectivity index (χ3v) is 8.56. The average Bonchev–Trinajstić information content (AvgIpc) is 3.23. The van der Waals surface area contributed by atoms with Crippen molar-refractivity contribution in [3.05, 3.63) is 23.9 Å². The minimum atomic E-state index is -0.466. The molecule has 1 N–H and O–H groups in total. The van der Waals surface area contributed by atoms with Gasteiger partial charge in [-0.2, -0.15) is 5.10 Å². The highest BCUT2D eigenvalue weighted by Gasteiger charge is 2.34. The molecule has 3 saturated heterocycles. The summed E-state index contributed by atoms with van der Waals surface area (Å²) in [6.45, 7) is 13.2. The van der Waals surface area contributed by atoms with E-state index in [1.54, 1.807) is 0 Å². The second-order valence-corrected chi connectivity index (χ2v) is 12.3. The van der Waals surface area contributed by atoms with Crippen LogP contribution in [0.2, 0.25) is 0 Å². The number of benzene rings is 1. The van der Waals surface area contributed by atoms with Crippen molar-refractivity contribution >= 4 is 34.5 Å². The predicted molar refractivity (Wildman–Crippen MR) is 150 cm³/mol. The fourth-order valence-electron chi connectivity index (χ4n) is 6.26. The number of piperidine rings is 2. The molecule has 0 aliphatic carbocycles. The molecule has 0 radical (unpaired) electrons. The summed E-state index contributed by atoms with van der Waals surface area (Å²) in [6, 6.07) is 6.87. The Morgan fingerprint density at radius 3 is 2.38 bits per heavy atom. The number of hydrogen-bond donors (Lipinski definition) is 1. The minimum Gasteiger partial charge on any atom is -0.444 e. The Morgan fingerprint density at radius 1 is 1.05 bits per heavy atom. The molecule has 2 aromatic rings. The van der Waals surface area contributed by atoms with Gasteiger partial charge in [0.2, 0.25) is 11.8 Å². The Hall–Kier alpha value is -3.14. The summed E-state index contributed by atoms with van der Waals surface area (Å²) >= 11 is 0. The zero-order valence-electron chi connectivity index (χ0n) is 23.9. The zero-order valence-corrected chi connectivity index (χ0v) is 23.9. The van der Waals surface area contributed by atoms with Crippen LogP contribution in [0.25, 0.3) is 10.9 Å². The van der Waals surface area contributed by atoms with E-state index in [2.05, 4.69) is 45.3 Å².